The van der Waals surface area contributed by atoms with Crippen molar-refractivity contribution in [3.63, 3.8) is 0 Å². The second-order valence-electron chi connectivity index (χ2n) is 1.80. The van der Waals surface area contributed by atoms with E-state index in [-0.39, 0.29) is 39.9 Å². The Morgan fingerprint density at radius 2 is 0.643 bits per heavy atom. The third kappa shape index (κ3) is 1.25. The molecule has 14 heavy (non-hydrogen) atoms. The van der Waals surface area contributed by atoms with Gasteiger partial charge in [-0.1, -0.05) is 0 Å². The van der Waals surface area contributed by atoms with Crippen molar-refractivity contribution in [3.05, 3.63) is 0 Å². The maximum atomic E-state index is 8.58. The van der Waals surface area contributed by atoms with E-state index in [9.17, 15) is 0 Å². The Kier molecular flexibility index (Phi) is 3.82. The van der Waals surface area contributed by atoms with Gasteiger partial charge in [-0.15, -0.1) is 0 Å². The van der Waals surface area contributed by atoms with E-state index in [0.29, 0.717) is 0 Å². The van der Waals surface area contributed by atoms with Crippen molar-refractivity contribution in [3.8, 4) is 29.8 Å². The minimum Gasteiger partial charge on any atom is 3.00 e. The molecule has 70 valence electrons. The number of nitrogens with zero attached hydrogens (tertiary/aromatic N) is 6. The number of nitriles is 6. The van der Waals surface area contributed by atoms with E-state index >= 15 is 0 Å². The van der Waals surface area contributed by atoms with Crippen molar-refractivity contribution in [2.24, 2.45) is 0 Å². The summed E-state index contributed by atoms with van der Waals surface area (Å²) in [6, 6.07) is 0. The van der Waals surface area contributed by atoms with Gasteiger partial charge in [0.1, 0.15) is 0 Å². The van der Waals surface area contributed by atoms with E-state index in [2.05, 4.69) is 0 Å². The van der Waals surface area contributed by atoms with Gasteiger partial charge in [-0.2, -0.15) is 0 Å². The van der Waals surface area contributed by atoms with Crippen molar-refractivity contribution >= 4 is 0 Å². The van der Waals surface area contributed by atoms with E-state index in [1.165, 1.54) is 0 Å². The van der Waals surface area contributed by atoms with Crippen LogP contribution in [0, 0.1) is 101 Å². The molecule has 0 unspecified atom stereocenters. The minimum absolute atomic E-state index is 0. The summed E-state index contributed by atoms with van der Waals surface area (Å²) in [6.45, 7) is 0. The monoisotopic (exact) mass is 370 g/mol. The number of hydrogen-bond acceptors (Lipinski definition) is 6. The van der Waals surface area contributed by atoms with Crippen LogP contribution in [0.1, 0.15) is 0 Å². The molecule has 0 aromatic heterocycles. The number of hydrogen-bond donors (Lipinski definition) is 0. The third-order valence-electron chi connectivity index (χ3n) is 1.19. The second-order valence-corrected chi connectivity index (χ2v) is 7.42. The summed E-state index contributed by atoms with van der Waals surface area (Å²) in [5.74, 6) is 0. The minimum atomic E-state index is -6.17. The zero-order valence-electron chi connectivity index (χ0n) is 6.39. The molecule has 0 aliphatic rings. The van der Waals surface area contributed by atoms with Gasteiger partial charge in [0.05, 0.1) is 0 Å². The molecule has 0 heterocycles. The molecule has 0 fully saturated rings. The van der Waals surface area contributed by atoms with E-state index in [1.54, 1.807) is 0 Å². The van der Waals surface area contributed by atoms with Crippen molar-refractivity contribution in [1.82, 2.24) is 0 Å². The quantitative estimate of drug-likeness (QED) is 0.554. The Hall–Kier alpha value is -1.22. The average Bonchev–Trinajstić information content (AvgIpc) is 2.26. The normalized spacial score (nSPS) is 12.4. The van der Waals surface area contributed by atoms with E-state index in [1.807, 2.05) is 0 Å². The molecular formula is C6FeGdN6. The van der Waals surface area contributed by atoms with Crippen LogP contribution >= 0.6 is 0 Å². The smallest absolute Gasteiger partial charge is 3.00 e. The topological polar surface area (TPSA) is 143 Å². The number of rotatable bonds is 0. The molecule has 0 saturated carbocycles. The molecule has 0 aromatic carbocycles. The molecule has 8 heteroatoms. The third-order valence-corrected chi connectivity index (χ3v) is 4.89. The Morgan fingerprint density at radius 1 is 0.500 bits per heavy atom. The molecule has 1 radical (unpaired) electrons. The predicted molar refractivity (Wildman–Crippen MR) is 33.7 cm³/mol. The summed E-state index contributed by atoms with van der Waals surface area (Å²) in [5, 5.41) is 51.5. The largest absolute Gasteiger partial charge is 3.00 e. The van der Waals surface area contributed by atoms with Gasteiger partial charge in [0.2, 0.25) is 0 Å². The van der Waals surface area contributed by atoms with Crippen molar-refractivity contribution in [2.45, 2.75) is 0 Å². The van der Waals surface area contributed by atoms with Crippen LogP contribution in [0.25, 0.3) is 0 Å². The van der Waals surface area contributed by atoms with E-state index < -0.39 is 10.7 Å². The van der Waals surface area contributed by atoms with Crippen LogP contribution in [0.15, 0.2) is 0 Å². The molecule has 0 amide bonds. The molecule has 0 aliphatic heterocycles. The van der Waals surface area contributed by atoms with Crippen molar-refractivity contribution < 1.29 is 50.7 Å². The van der Waals surface area contributed by atoms with Gasteiger partial charge in [-0.05, 0) is 0 Å². The summed E-state index contributed by atoms with van der Waals surface area (Å²) in [7, 11) is -6.17. The van der Waals surface area contributed by atoms with E-state index in [0.717, 1.165) is 29.8 Å². The molecule has 0 N–H and O–H groups in total. The summed E-state index contributed by atoms with van der Waals surface area (Å²) < 4.78 is 0. The fraction of sp³-hybridized carbons (Fsp3) is 0. The van der Waals surface area contributed by atoms with E-state index in [4.69, 9.17) is 31.6 Å². The fourth-order valence-corrected chi connectivity index (χ4v) is 1.09. The van der Waals surface area contributed by atoms with Gasteiger partial charge in [0, 0.05) is 0 Å². The van der Waals surface area contributed by atoms with Crippen LogP contribution in [-0.4, -0.2) is 0 Å². The first kappa shape index (κ1) is 15.3. The van der Waals surface area contributed by atoms with Crippen LogP contribution in [0.5, 0.6) is 0 Å². The first-order valence-corrected chi connectivity index (χ1v) is 5.71. The first-order chi connectivity index (χ1) is 5.97. The average molecular weight is 369 g/mol. The van der Waals surface area contributed by atoms with Gasteiger partial charge in [-0.25, -0.2) is 0 Å². The Labute approximate surface area is 111 Å². The molecule has 6 nitrogen and oxygen atoms in total. The van der Waals surface area contributed by atoms with Crippen LogP contribution in [0.3, 0.4) is 0 Å². The standard InChI is InChI=1S/6CN.Fe.Gd/c6*1-2;;/q;;;;;;-3;+3. The zero-order chi connectivity index (χ0) is 10.7. The van der Waals surface area contributed by atoms with Crippen LogP contribution in [-0.2, 0) is 10.7 Å². The van der Waals surface area contributed by atoms with Crippen LogP contribution < -0.4 is 0 Å². The Balaban J connectivity index is 0. The van der Waals surface area contributed by atoms with Crippen molar-refractivity contribution in [1.29, 1.82) is 31.6 Å². The molecule has 0 saturated heterocycles. The van der Waals surface area contributed by atoms with Crippen molar-refractivity contribution in [2.75, 3.05) is 0 Å². The molecular weight excluding hydrogens is 369 g/mol. The van der Waals surface area contributed by atoms with Gasteiger partial charge >= 0.3 is 112 Å². The summed E-state index contributed by atoms with van der Waals surface area (Å²) in [6.07, 6.45) is 0. The second kappa shape index (κ2) is 3.50. The maximum Gasteiger partial charge on any atom is 3.00 e. The molecule has 0 rings (SSSR count). The SMILES string of the molecule is N#[C][Fe-3]([C]#N)([C]#N)([C]#N)([C]#N)[C]#N.[Gd+3]. The molecule has 0 bridgehead atoms. The summed E-state index contributed by atoms with van der Waals surface area (Å²) in [4.78, 5) is 6.19. The Morgan fingerprint density at radius 3 is 0.643 bits per heavy atom. The Bertz CT molecular complexity index is 392. The zero-order valence-corrected chi connectivity index (χ0v) is 9.76. The summed E-state index contributed by atoms with van der Waals surface area (Å²) in [5.41, 5.74) is 0. The molecule has 0 aromatic rings. The van der Waals surface area contributed by atoms with Gasteiger partial charge in [0.15, 0.2) is 0 Å². The van der Waals surface area contributed by atoms with Crippen LogP contribution in [0.4, 0.5) is 0 Å². The predicted octanol–water partition coefficient (Wildman–Crippen LogP) is 0.0982. The summed E-state index contributed by atoms with van der Waals surface area (Å²) >= 11 is 0. The van der Waals surface area contributed by atoms with Gasteiger partial charge in [0.25, 0.3) is 0 Å². The first-order valence-electron chi connectivity index (χ1n) is 2.40. The molecule has 0 aliphatic carbocycles. The molecule has 0 spiro atoms. The fourth-order valence-electron chi connectivity index (χ4n) is 0.265. The van der Waals surface area contributed by atoms with Crippen LogP contribution in [0.2, 0.25) is 0 Å². The molecule has 0 atom stereocenters. The maximum absolute atomic E-state index is 8.58. The van der Waals surface area contributed by atoms with Gasteiger partial charge < -0.3 is 0 Å². The van der Waals surface area contributed by atoms with Gasteiger partial charge in [-0.3, -0.25) is 0 Å².